The second-order valence-corrected chi connectivity index (χ2v) is 5.24. The molecule has 0 spiro atoms. The largest absolute Gasteiger partial charge is 0.493 e. The van der Waals surface area contributed by atoms with Gasteiger partial charge in [0.15, 0.2) is 0 Å². The Bertz CT molecular complexity index is 587. The first-order chi connectivity index (χ1) is 10.2. The van der Waals surface area contributed by atoms with E-state index in [4.69, 9.17) is 26.8 Å². The molecule has 0 heterocycles. The maximum Gasteiger partial charge on any atom is 0.138 e. The molecule has 4 heteroatoms. The monoisotopic (exact) mass is 305 g/mol. The number of benzene rings is 2. The van der Waals surface area contributed by atoms with Crippen molar-refractivity contribution in [3.8, 4) is 11.5 Å². The van der Waals surface area contributed by atoms with E-state index >= 15 is 0 Å². The predicted molar refractivity (Wildman–Crippen MR) is 86.1 cm³/mol. The highest BCUT2D eigenvalue weighted by molar-refractivity contribution is 6.32. The number of nitrogens with two attached hydrogens (primary N) is 1. The van der Waals surface area contributed by atoms with Crippen molar-refractivity contribution in [1.82, 2.24) is 0 Å². The molecule has 3 nitrogen and oxygen atoms in total. The van der Waals surface area contributed by atoms with Gasteiger partial charge in [0.1, 0.15) is 11.5 Å². The van der Waals surface area contributed by atoms with Gasteiger partial charge in [-0.2, -0.15) is 0 Å². The Morgan fingerprint density at radius 3 is 2.67 bits per heavy atom. The van der Waals surface area contributed by atoms with E-state index in [2.05, 4.69) is 0 Å². The van der Waals surface area contributed by atoms with Gasteiger partial charge in [0, 0.05) is 13.0 Å². The van der Waals surface area contributed by atoms with E-state index in [0.717, 1.165) is 29.0 Å². The Morgan fingerprint density at radius 2 is 1.86 bits per heavy atom. The summed E-state index contributed by atoms with van der Waals surface area (Å²) in [5.41, 5.74) is 7.79. The van der Waals surface area contributed by atoms with Crippen molar-refractivity contribution in [3.63, 3.8) is 0 Å². The Balaban J connectivity index is 1.73. The molecular weight excluding hydrogens is 286 g/mol. The van der Waals surface area contributed by atoms with Crippen molar-refractivity contribution in [2.45, 2.75) is 19.9 Å². The molecule has 0 aliphatic heterocycles. The Labute approximate surface area is 130 Å². The topological polar surface area (TPSA) is 44.5 Å². The van der Waals surface area contributed by atoms with Gasteiger partial charge in [-0.25, -0.2) is 0 Å². The summed E-state index contributed by atoms with van der Waals surface area (Å²) in [5, 5.41) is 0.636. The van der Waals surface area contributed by atoms with E-state index in [1.165, 1.54) is 0 Å². The summed E-state index contributed by atoms with van der Waals surface area (Å²) in [4.78, 5) is 0. The molecule has 0 fully saturated rings. The minimum atomic E-state index is 0.520. The molecule has 2 N–H and O–H groups in total. The molecule has 2 rings (SSSR count). The standard InChI is InChI=1S/C17H20ClNO2/c1-13-6-7-16(18)17(10-13)21-9-3-8-20-15-5-2-4-14(11-15)12-19/h2,4-7,10-11H,3,8-9,12,19H2,1H3. The van der Waals surface area contributed by atoms with Gasteiger partial charge in [-0.15, -0.1) is 0 Å². The van der Waals surface area contributed by atoms with Gasteiger partial charge in [0.25, 0.3) is 0 Å². The van der Waals surface area contributed by atoms with Crippen LogP contribution < -0.4 is 15.2 Å². The summed E-state index contributed by atoms with van der Waals surface area (Å²) in [6.45, 7) is 3.69. The molecule has 0 saturated heterocycles. The zero-order valence-electron chi connectivity index (χ0n) is 12.1. The maximum atomic E-state index is 6.07. The molecular formula is C17H20ClNO2. The van der Waals surface area contributed by atoms with E-state index in [-0.39, 0.29) is 0 Å². The van der Waals surface area contributed by atoms with Gasteiger partial charge in [-0.3, -0.25) is 0 Å². The summed E-state index contributed by atoms with van der Waals surface area (Å²) < 4.78 is 11.3. The molecule has 2 aromatic carbocycles. The molecule has 21 heavy (non-hydrogen) atoms. The van der Waals surface area contributed by atoms with Crippen molar-refractivity contribution < 1.29 is 9.47 Å². The van der Waals surface area contributed by atoms with Crippen LogP contribution in [-0.4, -0.2) is 13.2 Å². The van der Waals surface area contributed by atoms with E-state index in [1.54, 1.807) is 0 Å². The van der Waals surface area contributed by atoms with Crippen LogP contribution in [0.5, 0.6) is 11.5 Å². The number of aryl methyl sites for hydroxylation is 1. The number of ether oxygens (including phenoxy) is 2. The fraction of sp³-hybridized carbons (Fsp3) is 0.294. The van der Waals surface area contributed by atoms with Crippen LogP contribution in [0.4, 0.5) is 0 Å². The quantitative estimate of drug-likeness (QED) is 0.788. The molecule has 0 bridgehead atoms. The highest BCUT2D eigenvalue weighted by atomic mass is 35.5. The molecule has 0 amide bonds. The third-order valence-electron chi connectivity index (χ3n) is 3.04. The summed E-state index contributed by atoms with van der Waals surface area (Å²) in [6.07, 6.45) is 0.789. The van der Waals surface area contributed by atoms with Gasteiger partial charge in [0.2, 0.25) is 0 Å². The van der Waals surface area contributed by atoms with Crippen molar-refractivity contribution in [1.29, 1.82) is 0 Å². The lowest BCUT2D eigenvalue weighted by molar-refractivity contribution is 0.247. The fourth-order valence-electron chi connectivity index (χ4n) is 1.91. The van der Waals surface area contributed by atoms with Crippen molar-refractivity contribution >= 4 is 11.6 Å². The highest BCUT2D eigenvalue weighted by Gasteiger charge is 2.02. The average Bonchev–Trinajstić information content (AvgIpc) is 2.50. The second-order valence-electron chi connectivity index (χ2n) is 4.84. The lowest BCUT2D eigenvalue weighted by atomic mass is 10.2. The summed E-state index contributed by atoms with van der Waals surface area (Å²) >= 11 is 6.07. The predicted octanol–water partition coefficient (Wildman–Crippen LogP) is 3.96. The first-order valence-electron chi connectivity index (χ1n) is 7.00. The highest BCUT2D eigenvalue weighted by Crippen LogP contribution is 2.25. The average molecular weight is 306 g/mol. The normalized spacial score (nSPS) is 10.4. The molecule has 2 aromatic rings. The Morgan fingerprint density at radius 1 is 1.05 bits per heavy atom. The number of hydrogen-bond acceptors (Lipinski definition) is 3. The van der Waals surface area contributed by atoms with Gasteiger partial charge >= 0.3 is 0 Å². The molecule has 112 valence electrons. The molecule has 0 radical (unpaired) electrons. The molecule has 0 aliphatic rings. The number of hydrogen-bond donors (Lipinski definition) is 1. The van der Waals surface area contributed by atoms with Crippen LogP contribution in [0.3, 0.4) is 0 Å². The van der Waals surface area contributed by atoms with Crippen LogP contribution >= 0.6 is 11.6 Å². The molecule has 0 atom stereocenters. The minimum Gasteiger partial charge on any atom is -0.493 e. The van der Waals surface area contributed by atoms with Crippen LogP contribution in [0.2, 0.25) is 5.02 Å². The van der Waals surface area contributed by atoms with E-state index in [0.29, 0.717) is 24.8 Å². The summed E-state index contributed by atoms with van der Waals surface area (Å²) in [5.74, 6) is 1.56. The lowest BCUT2D eigenvalue weighted by Crippen LogP contribution is -2.05. The van der Waals surface area contributed by atoms with Crippen molar-refractivity contribution in [3.05, 3.63) is 58.6 Å². The summed E-state index contributed by atoms with van der Waals surface area (Å²) in [6, 6.07) is 13.6. The zero-order valence-corrected chi connectivity index (χ0v) is 12.9. The minimum absolute atomic E-state index is 0.520. The number of halogens is 1. The second kappa shape index (κ2) is 7.91. The van der Waals surface area contributed by atoms with Crippen LogP contribution in [0, 0.1) is 6.92 Å². The van der Waals surface area contributed by atoms with Gasteiger partial charge in [0.05, 0.1) is 18.2 Å². The first kappa shape index (κ1) is 15.7. The molecule has 0 aliphatic carbocycles. The summed E-state index contributed by atoms with van der Waals surface area (Å²) in [7, 11) is 0. The molecule has 0 unspecified atom stereocenters. The van der Waals surface area contributed by atoms with E-state index < -0.39 is 0 Å². The van der Waals surface area contributed by atoms with Crippen LogP contribution in [0.1, 0.15) is 17.5 Å². The van der Waals surface area contributed by atoms with Crippen LogP contribution in [-0.2, 0) is 6.54 Å². The number of rotatable bonds is 7. The van der Waals surface area contributed by atoms with Gasteiger partial charge in [-0.1, -0.05) is 29.8 Å². The lowest BCUT2D eigenvalue weighted by Gasteiger charge is -2.10. The zero-order chi connectivity index (χ0) is 15.1. The van der Waals surface area contributed by atoms with Gasteiger partial charge < -0.3 is 15.2 Å². The SMILES string of the molecule is Cc1ccc(Cl)c(OCCCOc2cccc(CN)c2)c1. The first-order valence-corrected chi connectivity index (χ1v) is 7.37. The van der Waals surface area contributed by atoms with Crippen LogP contribution in [0.25, 0.3) is 0 Å². The maximum absolute atomic E-state index is 6.07. The smallest absolute Gasteiger partial charge is 0.138 e. The van der Waals surface area contributed by atoms with E-state index in [1.807, 2.05) is 49.4 Å². The molecule has 0 saturated carbocycles. The van der Waals surface area contributed by atoms with E-state index in [9.17, 15) is 0 Å². The fourth-order valence-corrected chi connectivity index (χ4v) is 2.09. The van der Waals surface area contributed by atoms with Crippen molar-refractivity contribution in [2.24, 2.45) is 5.73 Å². The third-order valence-corrected chi connectivity index (χ3v) is 3.35. The Hall–Kier alpha value is -1.71. The third kappa shape index (κ3) is 4.96. The molecule has 0 aromatic heterocycles. The Kier molecular flexibility index (Phi) is 5.90. The van der Waals surface area contributed by atoms with Crippen LogP contribution in [0.15, 0.2) is 42.5 Å². The van der Waals surface area contributed by atoms with Gasteiger partial charge in [-0.05, 0) is 42.3 Å². The van der Waals surface area contributed by atoms with Crippen molar-refractivity contribution in [2.75, 3.05) is 13.2 Å².